The molecule has 4 unspecified atom stereocenters. The highest BCUT2D eigenvalue weighted by molar-refractivity contribution is 5.81. The van der Waals surface area contributed by atoms with Gasteiger partial charge in [-0.3, -0.25) is 4.79 Å². The lowest BCUT2D eigenvalue weighted by atomic mass is 9.69. The first kappa shape index (κ1) is 8.75. The zero-order chi connectivity index (χ0) is 9.76. The lowest BCUT2D eigenvalue weighted by Gasteiger charge is -2.35. The fourth-order valence-electron chi connectivity index (χ4n) is 4.46. The maximum Gasteiger partial charge on any atom is 0.223 e. The molecule has 3 rings (SSSR count). The van der Waals surface area contributed by atoms with Crippen molar-refractivity contribution in [2.45, 2.75) is 44.9 Å². The Hall–Kier alpha value is -0.530. The molecule has 78 valence electrons. The third-order valence-corrected chi connectivity index (χ3v) is 5.00. The number of rotatable bonds is 1. The molecule has 2 nitrogen and oxygen atoms in total. The molecule has 0 aromatic heterocycles. The Morgan fingerprint density at radius 1 is 1.14 bits per heavy atom. The van der Waals surface area contributed by atoms with E-state index in [1.54, 1.807) is 0 Å². The molecule has 0 heterocycles. The summed E-state index contributed by atoms with van der Waals surface area (Å²) < 4.78 is 0. The van der Waals surface area contributed by atoms with Crippen LogP contribution in [0.5, 0.6) is 0 Å². The SMILES string of the molecule is NC(=O)C12CC3CCCC(C1)C(C3)C2. The number of carbonyl (C=O) groups excluding carboxylic acids is 1. The van der Waals surface area contributed by atoms with Crippen molar-refractivity contribution >= 4 is 5.91 Å². The lowest BCUT2D eigenvalue weighted by molar-refractivity contribution is -0.129. The second kappa shape index (κ2) is 2.74. The summed E-state index contributed by atoms with van der Waals surface area (Å²) in [7, 11) is 0. The van der Waals surface area contributed by atoms with Gasteiger partial charge in [0.1, 0.15) is 0 Å². The summed E-state index contributed by atoms with van der Waals surface area (Å²) in [5, 5.41) is 0. The largest absolute Gasteiger partial charge is 0.369 e. The molecule has 0 spiro atoms. The minimum Gasteiger partial charge on any atom is -0.369 e. The number of fused-ring (bicyclic) bond motifs is 2. The van der Waals surface area contributed by atoms with Crippen molar-refractivity contribution in [3.8, 4) is 0 Å². The highest BCUT2D eigenvalue weighted by atomic mass is 16.1. The van der Waals surface area contributed by atoms with Gasteiger partial charge in [0.05, 0.1) is 0 Å². The normalized spacial score (nSPS) is 50.4. The standard InChI is InChI=1S/C12H19NO/c13-11(14)12-5-8-2-1-3-9(6-12)10(4-8)7-12/h8-10H,1-7H2,(H2,13,14). The Labute approximate surface area is 85.2 Å². The minimum absolute atomic E-state index is 0.00315. The van der Waals surface area contributed by atoms with E-state index in [4.69, 9.17) is 5.73 Å². The minimum atomic E-state index is -0.0708. The molecule has 0 aromatic carbocycles. The zero-order valence-corrected chi connectivity index (χ0v) is 8.67. The van der Waals surface area contributed by atoms with Crippen LogP contribution < -0.4 is 5.73 Å². The molecule has 2 heteroatoms. The maximum atomic E-state index is 11.6. The number of primary amides is 1. The smallest absolute Gasteiger partial charge is 0.223 e. The molecule has 3 fully saturated rings. The average Bonchev–Trinajstić information content (AvgIpc) is 2.30. The maximum absolute atomic E-state index is 11.6. The summed E-state index contributed by atoms with van der Waals surface area (Å²) in [5.74, 6) is 2.48. The quantitative estimate of drug-likeness (QED) is 0.680. The van der Waals surface area contributed by atoms with Crippen LogP contribution in [0.3, 0.4) is 0 Å². The first-order valence-electron chi connectivity index (χ1n) is 5.99. The van der Waals surface area contributed by atoms with Gasteiger partial charge in [0.2, 0.25) is 5.91 Å². The summed E-state index contributed by atoms with van der Waals surface area (Å²) in [6, 6.07) is 0. The molecule has 0 aromatic rings. The lowest BCUT2D eigenvalue weighted by Crippen LogP contribution is -2.39. The Kier molecular flexibility index (Phi) is 1.71. The van der Waals surface area contributed by atoms with E-state index in [1.807, 2.05) is 0 Å². The highest BCUT2D eigenvalue weighted by Crippen LogP contribution is 2.59. The van der Waals surface area contributed by atoms with Gasteiger partial charge in [-0.05, 0) is 43.4 Å². The van der Waals surface area contributed by atoms with Gasteiger partial charge in [-0.2, -0.15) is 0 Å². The third-order valence-electron chi connectivity index (χ3n) is 5.00. The van der Waals surface area contributed by atoms with Crippen LogP contribution in [0.25, 0.3) is 0 Å². The molecule has 3 saturated carbocycles. The van der Waals surface area contributed by atoms with E-state index in [0.717, 1.165) is 37.0 Å². The van der Waals surface area contributed by atoms with Crippen molar-refractivity contribution in [1.82, 2.24) is 0 Å². The van der Waals surface area contributed by atoms with Crippen LogP contribution in [0.15, 0.2) is 0 Å². The molecule has 2 N–H and O–H groups in total. The van der Waals surface area contributed by atoms with Gasteiger partial charge in [0.15, 0.2) is 0 Å². The predicted molar refractivity (Wildman–Crippen MR) is 54.4 cm³/mol. The van der Waals surface area contributed by atoms with Crippen molar-refractivity contribution < 1.29 is 4.79 Å². The molecule has 0 saturated heterocycles. The van der Waals surface area contributed by atoms with E-state index in [0.29, 0.717) is 0 Å². The number of amides is 1. The molecular formula is C12H19NO. The predicted octanol–water partition coefficient (Wildman–Crippen LogP) is 2.08. The van der Waals surface area contributed by atoms with Crippen LogP contribution in [-0.2, 0) is 4.79 Å². The fraction of sp³-hybridized carbons (Fsp3) is 0.917. The van der Waals surface area contributed by atoms with Crippen LogP contribution in [0.2, 0.25) is 0 Å². The summed E-state index contributed by atoms with van der Waals surface area (Å²) in [4.78, 5) is 11.6. The van der Waals surface area contributed by atoms with E-state index in [9.17, 15) is 4.79 Å². The summed E-state index contributed by atoms with van der Waals surface area (Å²) in [5.41, 5.74) is 5.53. The van der Waals surface area contributed by atoms with Crippen molar-refractivity contribution in [3.63, 3.8) is 0 Å². The van der Waals surface area contributed by atoms with E-state index < -0.39 is 0 Å². The van der Waals surface area contributed by atoms with Gasteiger partial charge >= 0.3 is 0 Å². The summed E-state index contributed by atoms with van der Waals surface area (Å²) in [6.45, 7) is 0. The Balaban J connectivity index is 1.95. The molecule has 3 aliphatic rings. The van der Waals surface area contributed by atoms with Gasteiger partial charge < -0.3 is 5.73 Å². The highest BCUT2D eigenvalue weighted by Gasteiger charge is 2.54. The van der Waals surface area contributed by atoms with E-state index in [2.05, 4.69) is 0 Å². The second-order valence-corrected chi connectivity index (χ2v) is 5.81. The molecule has 3 bridgehead atoms. The van der Waals surface area contributed by atoms with E-state index in [-0.39, 0.29) is 11.3 Å². The Morgan fingerprint density at radius 2 is 1.93 bits per heavy atom. The summed E-state index contributed by atoms with van der Waals surface area (Å²) in [6.07, 6.45) is 8.82. The fourth-order valence-corrected chi connectivity index (χ4v) is 4.46. The van der Waals surface area contributed by atoms with Crippen LogP contribution >= 0.6 is 0 Å². The van der Waals surface area contributed by atoms with Crippen LogP contribution in [-0.4, -0.2) is 5.91 Å². The first-order chi connectivity index (χ1) is 6.70. The van der Waals surface area contributed by atoms with Crippen molar-refractivity contribution in [3.05, 3.63) is 0 Å². The van der Waals surface area contributed by atoms with Crippen LogP contribution in [0.4, 0.5) is 0 Å². The van der Waals surface area contributed by atoms with Crippen molar-refractivity contribution in [2.24, 2.45) is 28.9 Å². The Morgan fingerprint density at radius 3 is 2.71 bits per heavy atom. The van der Waals surface area contributed by atoms with Crippen LogP contribution in [0, 0.1) is 23.2 Å². The van der Waals surface area contributed by atoms with Gasteiger partial charge in [-0.1, -0.05) is 19.3 Å². The topological polar surface area (TPSA) is 43.1 Å². The second-order valence-electron chi connectivity index (χ2n) is 5.81. The van der Waals surface area contributed by atoms with Gasteiger partial charge in [0, 0.05) is 5.41 Å². The van der Waals surface area contributed by atoms with E-state index in [1.165, 1.54) is 25.7 Å². The number of hydrogen-bond acceptors (Lipinski definition) is 1. The molecule has 3 aliphatic carbocycles. The summed E-state index contributed by atoms with van der Waals surface area (Å²) >= 11 is 0. The molecular weight excluding hydrogens is 174 g/mol. The Bertz CT molecular complexity index is 271. The zero-order valence-electron chi connectivity index (χ0n) is 8.67. The molecule has 4 atom stereocenters. The van der Waals surface area contributed by atoms with Crippen molar-refractivity contribution in [1.29, 1.82) is 0 Å². The first-order valence-corrected chi connectivity index (χ1v) is 5.99. The van der Waals surface area contributed by atoms with E-state index >= 15 is 0 Å². The monoisotopic (exact) mass is 193 g/mol. The molecule has 0 aliphatic heterocycles. The number of hydrogen-bond donors (Lipinski definition) is 1. The van der Waals surface area contributed by atoms with Gasteiger partial charge in [-0.25, -0.2) is 0 Å². The number of nitrogens with two attached hydrogens (primary N) is 1. The van der Waals surface area contributed by atoms with Gasteiger partial charge in [-0.15, -0.1) is 0 Å². The molecule has 14 heavy (non-hydrogen) atoms. The number of carbonyl (C=O) groups is 1. The third kappa shape index (κ3) is 1.06. The average molecular weight is 193 g/mol. The molecule has 1 amide bonds. The van der Waals surface area contributed by atoms with Crippen LogP contribution in [0.1, 0.15) is 44.9 Å². The van der Waals surface area contributed by atoms with Gasteiger partial charge in [0.25, 0.3) is 0 Å². The van der Waals surface area contributed by atoms with Crippen molar-refractivity contribution in [2.75, 3.05) is 0 Å². The molecule has 0 radical (unpaired) electrons.